The number of rotatable bonds is 6. The largest absolute Gasteiger partial charge is 0.303 e. The van der Waals surface area contributed by atoms with Crippen molar-refractivity contribution in [2.45, 2.75) is 39.5 Å². The number of aldehydes is 1. The van der Waals surface area contributed by atoms with E-state index in [0.717, 1.165) is 25.5 Å². The van der Waals surface area contributed by atoms with E-state index in [1.54, 1.807) is 0 Å². The molecule has 0 aromatic carbocycles. The Kier molecular flexibility index (Phi) is 7.66. The number of allylic oxidation sites excluding steroid dienone is 4. The second-order valence-corrected chi connectivity index (χ2v) is 2.90. The molecule has 0 fully saturated rings. The first-order chi connectivity index (χ1) is 5.81. The molecular weight excluding hydrogens is 148 g/mol. The van der Waals surface area contributed by atoms with Crippen molar-refractivity contribution in [3.8, 4) is 0 Å². The monoisotopic (exact) mass is 166 g/mol. The average Bonchev–Trinajstić information content (AvgIpc) is 2.06. The minimum Gasteiger partial charge on any atom is -0.303 e. The Balaban J connectivity index is 3.48. The molecule has 1 nitrogen and oxygen atoms in total. The van der Waals surface area contributed by atoms with Crippen molar-refractivity contribution in [2.24, 2.45) is 0 Å². The van der Waals surface area contributed by atoms with Gasteiger partial charge in [-0.15, -0.1) is 0 Å². The Morgan fingerprint density at radius 1 is 1.25 bits per heavy atom. The van der Waals surface area contributed by atoms with Crippen molar-refractivity contribution in [1.29, 1.82) is 0 Å². The van der Waals surface area contributed by atoms with Crippen LogP contribution in [0.15, 0.2) is 23.8 Å². The van der Waals surface area contributed by atoms with Crippen LogP contribution in [0.4, 0.5) is 0 Å². The molecule has 0 rings (SSSR count). The normalized spacial score (nSPS) is 12.3. The van der Waals surface area contributed by atoms with E-state index in [-0.39, 0.29) is 0 Å². The highest BCUT2D eigenvalue weighted by Gasteiger charge is 1.87. The molecule has 68 valence electrons. The Morgan fingerprint density at radius 2 is 2.00 bits per heavy atom. The lowest BCUT2D eigenvalue weighted by Gasteiger charge is -1.96. The van der Waals surface area contributed by atoms with Crippen molar-refractivity contribution in [2.75, 3.05) is 0 Å². The summed E-state index contributed by atoms with van der Waals surface area (Å²) in [6.07, 6.45) is 11.1. The van der Waals surface area contributed by atoms with Crippen molar-refractivity contribution in [1.82, 2.24) is 0 Å². The van der Waals surface area contributed by atoms with E-state index in [2.05, 4.69) is 25.2 Å². The van der Waals surface area contributed by atoms with Crippen LogP contribution >= 0.6 is 0 Å². The molecule has 0 aliphatic carbocycles. The summed E-state index contributed by atoms with van der Waals surface area (Å²) in [5.41, 5.74) is 1.38. The number of unbranched alkanes of at least 4 members (excludes halogenated alkanes) is 1. The van der Waals surface area contributed by atoms with Gasteiger partial charge in [-0.05, 0) is 33.1 Å². The molecule has 0 atom stereocenters. The van der Waals surface area contributed by atoms with E-state index in [1.165, 1.54) is 5.57 Å². The molecule has 0 aliphatic rings. The van der Waals surface area contributed by atoms with E-state index >= 15 is 0 Å². The molecule has 0 bridgehead atoms. The van der Waals surface area contributed by atoms with Gasteiger partial charge in [0.1, 0.15) is 6.29 Å². The molecule has 12 heavy (non-hydrogen) atoms. The van der Waals surface area contributed by atoms with Gasteiger partial charge >= 0.3 is 0 Å². The third kappa shape index (κ3) is 7.26. The maximum atomic E-state index is 10.0. The second kappa shape index (κ2) is 8.25. The summed E-state index contributed by atoms with van der Waals surface area (Å²) >= 11 is 0. The van der Waals surface area contributed by atoms with Gasteiger partial charge in [-0.1, -0.05) is 23.8 Å². The number of carbonyl (C=O) groups excluding carboxylic acids is 1. The molecule has 0 N–H and O–H groups in total. The first kappa shape index (κ1) is 11.2. The Labute approximate surface area is 75.2 Å². The van der Waals surface area contributed by atoms with E-state index in [1.807, 2.05) is 6.92 Å². The van der Waals surface area contributed by atoms with Crippen LogP contribution in [-0.2, 0) is 4.79 Å². The fourth-order valence-electron chi connectivity index (χ4n) is 0.978. The fourth-order valence-corrected chi connectivity index (χ4v) is 0.978. The zero-order chi connectivity index (χ0) is 9.23. The summed E-state index contributed by atoms with van der Waals surface area (Å²) in [6.45, 7) is 4.15. The van der Waals surface area contributed by atoms with Gasteiger partial charge in [0.05, 0.1) is 0 Å². The third-order valence-corrected chi connectivity index (χ3v) is 1.72. The summed E-state index contributed by atoms with van der Waals surface area (Å²) in [5, 5.41) is 0. The maximum Gasteiger partial charge on any atom is 0.120 e. The second-order valence-electron chi connectivity index (χ2n) is 2.90. The van der Waals surface area contributed by atoms with Crippen LogP contribution in [0.1, 0.15) is 39.5 Å². The first-order valence-electron chi connectivity index (χ1n) is 4.51. The molecule has 1 heteroatoms. The predicted molar refractivity (Wildman–Crippen MR) is 53.1 cm³/mol. The smallest absolute Gasteiger partial charge is 0.120 e. The van der Waals surface area contributed by atoms with Crippen LogP contribution in [0.3, 0.4) is 0 Å². The van der Waals surface area contributed by atoms with Crippen LogP contribution in [0.5, 0.6) is 0 Å². The fraction of sp³-hybridized carbons (Fsp3) is 0.545. The van der Waals surface area contributed by atoms with Crippen LogP contribution < -0.4 is 0 Å². The quantitative estimate of drug-likeness (QED) is 0.336. The molecule has 0 saturated carbocycles. The molecule has 0 heterocycles. The highest BCUT2D eigenvalue weighted by Crippen LogP contribution is 2.06. The van der Waals surface area contributed by atoms with Gasteiger partial charge in [0.2, 0.25) is 0 Å². The minimum atomic E-state index is 0.654. The molecule has 0 aromatic rings. The average molecular weight is 166 g/mol. The summed E-state index contributed by atoms with van der Waals surface area (Å²) < 4.78 is 0. The molecule has 0 spiro atoms. The standard InChI is InChI=1S/C11H18O/c1-3-4-5-8-11(2)9-6-7-10-12/h3-4,9-10H,5-8H2,1-2H3/b4-3+,11-9+. The van der Waals surface area contributed by atoms with Crippen molar-refractivity contribution in [3.05, 3.63) is 23.8 Å². The van der Waals surface area contributed by atoms with Crippen molar-refractivity contribution in [3.63, 3.8) is 0 Å². The molecule has 0 aliphatic heterocycles. The lowest BCUT2D eigenvalue weighted by molar-refractivity contribution is -0.107. The van der Waals surface area contributed by atoms with Gasteiger partial charge in [0, 0.05) is 6.42 Å². The Bertz CT molecular complexity index is 166. The van der Waals surface area contributed by atoms with E-state index in [4.69, 9.17) is 0 Å². The van der Waals surface area contributed by atoms with Gasteiger partial charge in [-0.25, -0.2) is 0 Å². The number of carbonyl (C=O) groups is 1. The lowest BCUT2D eigenvalue weighted by Crippen LogP contribution is -1.78. The molecule has 0 saturated heterocycles. The Hall–Kier alpha value is -0.850. The van der Waals surface area contributed by atoms with Crippen LogP contribution in [0.2, 0.25) is 0 Å². The lowest BCUT2D eigenvalue weighted by atomic mass is 10.1. The topological polar surface area (TPSA) is 17.1 Å². The molecular formula is C11H18O. The molecule has 0 aromatic heterocycles. The highest BCUT2D eigenvalue weighted by molar-refractivity contribution is 5.49. The van der Waals surface area contributed by atoms with E-state index < -0.39 is 0 Å². The maximum absolute atomic E-state index is 10.0. The zero-order valence-electron chi connectivity index (χ0n) is 8.05. The van der Waals surface area contributed by atoms with Crippen LogP contribution in [0, 0.1) is 0 Å². The van der Waals surface area contributed by atoms with E-state index in [0.29, 0.717) is 6.42 Å². The van der Waals surface area contributed by atoms with E-state index in [9.17, 15) is 4.79 Å². The third-order valence-electron chi connectivity index (χ3n) is 1.72. The minimum absolute atomic E-state index is 0.654. The molecule has 0 radical (unpaired) electrons. The summed E-state index contributed by atoms with van der Waals surface area (Å²) in [5.74, 6) is 0. The Morgan fingerprint density at radius 3 is 2.58 bits per heavy atom. The van der Waals surface area contributed by atoms with Crippen molar-refractivity contribution >= 4 is 6.29 Å². The molecule has 0 unspecified atom stereocenters. The first-order valence-corrected chi connectivity index (χ1v) is 4.51. The van der Waals surface area contributed by atoms with Gasteiger partial charge in [-0.3, -0.25) is 0 Å². The number of hydrogen-bond acceptors (Lipinski definition) is 1. The van der Waals surface area contributed by atoms with Crippen LogP contribution in [-0.4, -0.2) is 6.29 Å². The van der Waals surface area contributed by atoms with Gasteiger partial charge in [0.25, 0.3) is 0 Å². The molecule has 0 amide bonds. The predicted octanol–water partition coefficient (Wildman–Crippen LogP) is 3.27. The summed E-state index contributed by atoms with van der Waals surface area (Å²) in [6, 6.07) is 0. The van der Waals surface area contributed by atoms with Gasteiger partial charge in [0.15, 0.2) is 0 Å². The summed E-state index contributed by atoms with van der Waals surface area (Å²) in [4.78, 5) is 10.0. The van der Waals surface area contributed by atoms with Gasteiger partial charge < -0.3 is 4.79 Å². The summed E-state index contributed by atoms with van der Waals surface area (Å²) in [7, 11) is 0. The van der Waals surface area contributed by atoms with Crippen molar-refractivity contribution < 1.29 is 4.79 Å². The highest BCUT2D eigenvalue weighted by atomic mass is 16.1. The van der Waals surface area contributed by atoms with Gasteiger partial charge in [-0.2, -0.15) is 0 Å². The van der Waals surface area contributed by atoms with Crippen LogP contribution in [0.25, 0.3) is 0 Å². The zero-order valence-corrected chi connectivity index (χ0v) is 8.05. The SMILES string of the molecule is C/C=C/CC/C(C)=C/CCC=O. The number of hydrogen-bond donors (Lipinski definition) is 0.